The molecule has 1 amide bonds. The normalized spacial score (nSPS) is 10.6. The Bertz CT molecular complexity index is 737. The van der Waals surface area contributed by atoms with Gasteiger partial charge in [0.15, 0.2) is 0 Å². The lowest BCUT2D eigenvalue weighted by Crippen LogP contribution is -2.12. The summed E-state index contributed by atoms with van der Waals surface area (Å²) in [5.41, 5.74) is 1.21. The van der Waals surface area contributed by atoms with E-state index in [2.05, 4.69) is 15.3 Å². The summed E-state index contributed by atoms with van der Waals surface area (Å²) in [6.07, 6.45) is 1.62. The molecule has 0 fully saturated rings. The van der Waals surface area contributed by atoms with E-state index in [1.165, 1.54) is 0 Å². The Morgan fingerprint density at radius 2 is 2.11 bits per heavy atom. The first-order chi connectivity index (χ1) is 9.24. The Balaban J connectivity index is 1.92. The number of H-pyrrole nitrogens is 1. The Morgan fingerprint density at radius 1 is 1.21 bits per heavy atom. The maximum atomic E-state index is 12.1. The van der Waals surface area contributed by atoms with Gasteiger partial charge in [0.25, 0.3) is 5.91 Å². The van der Waals surface area contributed by atoms with Gasteiger partial charge in [-0.05, 0) is 24.3 Å². The van der Waals surface area contributed by atoms with Crippen LogP contribution in [-0.2, 0) is 0 Å². The number of amides is 1. The summed E-state index contributed by atoms with van der Waals surface area (Å²) < 4.78 is 0. The molecular formula is C14H10ClN3O. The summed E-state index contributed by atoms with van der Waals surface area (Å²) in [6.45, 7) is 0. The summed E-state index contributed by atoms with van der Waals surface area (Å²) in [6, 6.07) is 12.6. The molecule has 0 bridgehead atoms. The number of hydrogen-bond acceptors (Lipinski definition) is 2. The van der Waals surface area contributed by atoms with Gasteiger partial charge in [-0.1, -0.05) is 29.8 Å². The molecule has 1 aromatic carbocycles. The third-order valence-electron chi connectivity index (χ3n) is 2.76. The first-order valence-electron chi connectivity index (χ1n) is 5.73. The fourth-order valence-corrected chi connectivity index (χ4v) is 2.09. The van der Waals surface area contributed by atoms with Crippen molar-refractivity contribution in [1.29, 1.82) is 0 Å². The van der Waals surface area contributed by atoms with Crippen molar-refractivity contribution in [2.45, 2.75) is 0 Å². The van der Waals surface area contributed by atoms with Crippen LogP contribution in [0, 0.1) is 0 Å². The number of anilines is 1. The van der Waals surface area contributed by atoms with Crippen molar-refractivity contribution in [2.75, 3.05) is 5.32 Å². The van der Waals surface area contributed by atoms with Crippen LogP contribution >= 0.6 is 11.6 Å². The first-order valence-corrected chi connectivity index (χ1v) is 6.11. The quantitative estimate of drug-likeness (QED) is 0.750. The fourth-order valence-electron chi connectivity index (χ4n) is 1.86. The molecule has 0 unspecified atom stereocenters. The predicted octanol–water partition coefficient (Wildman–Crippen LogP) is 3.47. The third kappa shape index (κ3) is 2.30. The maximum Gasteiger partial charge on any atom is 0.273 e. The molecule has 2 heterocycles. The Labute approximate surface area is 114 Å². The number of aromatic nitrogens is 2. The van der Waals surface area contributed by atoms with E-state index in [-0.39, 0.29) is 5.91 Å². The molecule has 2 aromatic heterocycles. The molecule has 94 valence electrons. The van der Waals surface area contributed by atoms with Crippen LogP contribution in [0.15, 0.2) is 48.7 Å². The number of para-hydroxylation sites is 1. The molecule has 19 heavy (non-hydrogen) atoms. The highest BCUT2D eigenvalue weighted by Gasteiger charge is 2.11. The third-order valence-corrected chi connectivity index (χ3v) is 3.07. The van der Waals surface area contributed by atoms with Crippen LogP contribution in [0.25, 0.3) is 10.9 Å². The molecule has 0 saturated carbocycles. The van der Waals surface area contributed by atoms with E-state index in [1.807, 2.05) is 18.2 Å². The SMILES string of the molecule is O=C(Nc1ccccn1)c1cc2cccc(Cl)c2[nH]1. The minimum absolute atomic E-state index is 0.244. The second-order valence-corrected chi connectivity index (χ2v) is 4.46. The van der Waals surface area contributed by atoms with Crippen molar-refractivity contribution in [3.63, 3.8) is 0 Å². The molecule has 0 saturated heterocycles. The molecule has 0 spiro atoms. The van der Waals surface area contributed by atoms with Crippen LogP contribution in [-0.4, -0.2) is 15.9 Å². The summed E-state index contributed by atoms with van der Waals surface area (Å²) in [4.78, 5) is 19.1. The molecule has 0 aliphatic rings. The minimum Gasteiger partial charge on any atom is -0.349 e. The van der Waals surface area contributed by atoms with Crippen LogP contribution in [0.3, 0.4) is 0 Å². The number of nitrogens with zero attached hydrogens (tertiary/aromatic N) is 1. The highest BCUT2D eigenvalue weighted by Crippen LogP contribution is 2.23. The average molecular weight is 272 g/mol. The highest BCUT2D eigenvalue weighted by molar-refractivity contribution is 6.35. The van der Waals surface area contributed by atoms with Gasteiger partial charge >= 0.3 is 0 Å². The standard InChI is InChI=1S/C14H10ClN3O/c15-10-5-3-4-9-8-11(17-13(9)10)14(19)18-12-6-1-2-7-16-12/h1-8,17H,(H,16,18,19). The minimum atomic E-state index is -0.244. The van der Waals surface area contributed by atoms with Gasteiger partial charge in [0.05, 0.1) is 10.5 Å². The number of pyridine rings is 1. The Kier molecular flexibility index (Phi) is 2.93. The number of benzene rings is 1. The number of nitrogens with one attached hydrogen (secondary N) is 2. The number of carbonyl (C=O) groups is 1. The van der Waals surface area contributed by atoms with Gasteiger partial charge in [0, 0.05) is 11.6 Å². The van der Waals surface area contributed by atoms with Crippen molar-refractivity contribution in [3.8, 4) is 0 Å². The molecule has 0 aliphatic heterocycles. The van der Waals surface area contributed by atoms with E-state index in [0.29, 0.717) is 16.5 Å². The van der Waals surface area contributed by atoms with Gasteiger partial charge in [0.2, 0.25) is 0 Å². The molecular weight excluding hydrogens is 262 g/mol. The first kappa shape index (κ1) is 11.7. The van der Waals surface area contributed by atoms with Crippen LogP contribution in [0.5, 0.6) is 0 Å². The van der Waals surface area contributed by atoms with Crippen LogP contribution < -0.4 is 5.32 Å². The molecule has 2 N–H and O–H groups in total. The number of fused-ring (bicyclic) bond motifs is 1. The summed E-state index contributed by atoms with van der Waals surface area (Å²) in [5, 5.41) is 4.21. The summed E-state index contributed by atoms with van der Waals surface area (Å²) >= 11 is 6.06. The molecule has 0 aliphatic carbocycles. The molecule has 3 rings (SSSR count). The molecule has 4 nitrogen and oxygen atoms in total. The Morgan fingerprint density at radius 3 is 2.84 bits per heavy atom. The average Bonchev–Trinajstić information content (AvgIpc) is 2.85. The summed E-state index contributed by atoms with van der Waals surface area (Å²) in [5.74, 6) is 0.267. The van der Waals surface area contributed by atoms with Gasteiger partial charge in [-0.2, -0.15) is 0 Å². The zero-order chi connectivity index (χ0) is 13.2. The topological polar surface area (TPSA) is 57.8 Å². The van der Waals surface area contributed by atoms with Gasteiger partial charge in [0.1, 0.15) is 11.5 Å². The van der Waals surface area contributed by atoms with Crippen molar-refractivity contribution in [2.24, 2.45) is 0 Å². The van der Waals surface area contributed by atoms with Crippen LogP contribution in [0.2, 0.25) is 5.02 Å². The second kappa shape index (κ2) is 4.74. The number of carbonyl (C=O) groups excluding carboxylic acids is 1. The van der Waals surface area contributed by atoms with E-state index < -0.39 is 0 Å². The zero-order valence-electron chi connectivity index (χ0n) is 9.85. The van der Waals surface area contributed by atoms with Crippen LogP contribution in [0.4, 0.5) is 5.82 Å². The number of aromatic amines is 1. The van der Waals surface area contributed by atoms with Crippen molar-refractivity contribution < 1.29 is 4.79 Å². The van der Waals surface area contributed by atoms with E-state index in [9.17, 15) is 4.79 Å². The molecule has 3 aromatic rings. The number of halogens is 1. The monoisotopic (exact) mass is 271 g/mol. The fraction of sp³-hybridized carbons (Fsp3) is 0. The van der Waals surface area contributed by atoms with Gasteiger partial charge in [-0.15, -0.1) is 0 Å². The lowest BCUT2D eigenvalue weighted by Gasteiger charge is -2.01. The number of rotatable bonds is 2. The zero-order valence-corrected chi connectivity index (χ0v) is 10.6. The van der Waals surface area contributed by atoms with Gasteiger partial charge < -0.3 is 10.3 Å². The van der Waals surface area contributed by atoms with Crippen molar-refractivity contribution in [3.05, 3.63) is 59.4 Å². The smallest absolute Gasteiger partial charge is 0.273 e. The second-order valence-electron chi connectivity index (χ2n) is 4.06. The van der Waals surface area contributed by atoms with Crippen LogP contribution in [0.1, 0.15) is 10.5 Å². The largest absolute Gasteiger partial charge is 0.349 e. The van der Waals surface area contributed by atoms with E-state index >= 15 is 0 Å². The van der Waals surface area contributed by atoms with E-state index in [1.54, 1.807) is 30.5 Å². The lowest BCUT2D eigenvalue weighted by atomic mass is 10.2. The molecule has 5 heteroatoms. The van der Waals surface area contributed by atoms with E-state index in [0.717, 1.165) is 10.9 Å². The Hall–Kier alpha value is -2.33. The maximum absolute atomic E-state index is 12.1. The van der Waals surface area contributed by atoms with E-state index in [4.69, 9.17) is 11.6 Å². The molecule has 0 radical (unpaired) electrons. The molecule has 0 atom stereocenters. The predicted molar refractivity (Wildman–Crippen MR) is 75.5 cm³/mol. The van der Waals surface area contributed by atoms with Gasteiger partial charge in [-0.3, -0.25) is 4.79 Å². The van der Waals surface area contributed by atoms with Gasteiger partial charge in [-0.25, -0.2) is 4.98 Å². The lowest BCUT2D eigenvalue weighted by molar-refractivity contribution is 0.102. The highest BCUT2D eigenvalue weighted by atomic mass is 35.5. The van der Waals surface area contributed by atoms with Crippen molar-refractivity contribution >= 4 is 34.2 Å². The number of hydrogen-bond donors (Lipinski definition) is 2. The summed E-state index contributed by atoms with van der Waals surface area (Å²) in [7, 11) is 0. The van der Waals surface area contributed by atoms with Crippen molar-refractivity contribution in [1.82, 2.24) is 9.97 Å².